The second-order valence-electron chi connectivity index (χ2n) is 6.13. The van der Waals surface area contributed by atoms with Crippen LogP contribution in [0.2, 0.25) is 5.02 Å². The Kier molecular flexibility index (Phi) is 6.34. The molecule has 2 rings (SSSR count). The maximum Gasteiger partial charge on any atom is 0.142 e. The summed E-state index contributed by atoms with van der Waals surface area (Å²) in [4.78, 5) is 0. The molecule has 1 aromatic carbocycles. The van der Waals surface area contributed by atoms with Crippen LogP contribution in [0.25, 0.3) is 0 Å². The molecule has 4 heteroatoms. The average molecular weight is 312 g/mol. The predicted octanol–water partition coefficient (Wildman–Crippen LogP) is 3.91. The maximum atomic E-state index is 10.2. The molecule has 0 saturated heterocycles. The van der Waals surface area contributed by atoms with E-state index in [2.05, 4.69) is 19.2 Å². The summed E-state index contributed by atoms with van der Waals surface area (Å²) in [5, 5.41) is 14.2. The van der Waals surface area contributed by atoms with E-state index in [-0.39, 0.29) is 6.10 Å². The van der Waals surface area contributed by atoms with Crippen LogP contribution in [-0.4, -0.2) is 23.4 Å². The lowest BCUT2D eigenvalue weighted by molar-refractivity contribution is 0.0314. The molecule has 1 aromatic rings. The Bertz CT molecular complexity index is 450. The quantitative estimate of drug-likeness (QED) is 0.810. The molecule has 21 heavy (non-hydrogen) atoms. The number of halogens is 1. The van der Waals surface area contributed by atoms with Gasteiger partial charge in [0.1, 0.15) is 11.9 Å². The highest BCUT2D eigenvalue weighted by atomic mass is 35.5. The molecule has 1 saturated carbocycles. The molecule has 0 heterocycles. The Morgan fingerprint density at radius 2 is 2.05 bits per heavy atom. The lowest BCUT2D eigenvalue weighted by Crippen LogP contribution is -2.31. The zero-order valence-corrected chi connectivity index (χ0v) is 13.7. The van der Waals surface area contributed by atoms with Gasteiger partial charge in [0.15, 0.2) is 0 Å². The minimum absolute atomic E-state index is 0.148. The van der Waals surface area contributed by atoms with Crippen LogP contribution in [0.5, 0.6) is 5.75 Å². The van der Waals surface area contributed by atoms with Crippen LogP contribution >= 0.6 is 11.6 Å². The van der Waals surface area contributed by atoms with Crippen molar-refractivity contribution in [3.63, 3.8) is 0 Å². The number of para-hydroxylation sites is 1. The summed E-state index contributed by atoms with van der Waals surface area (Å²) < 4.78 is 6.12. The highest BCUT2D eigenvalue weighted by Gasteiger charge is 2.25. The van der Waals surface area contributed by atoms with E-state index in [0.29, 0.717) is 11.1 Å². The van der Waals surface area contributed by atoms with Gasteiger partial charge in [0.2, 0.25) is 0 Å². The van der Waals surface area contributed by atoms with Crippen LogP contribution in [0.4, 0.5) is 0 Å². The molecule has 0 radical (unpaired) electrons. The topological polar surface area (TPSA) is 41.5 Å². The smallest absolute Gasteiger partial charge is 0.142 e. The molecule has 0 aromatic heterocycles. The number of hydrogen-bond acceptors (Lipinski definition) is 3. The Morgan fingerprint density at radius 3 is 2.81 bits per heavy atom. The normalized spacial score (nSPS) is 23.1. The van der Waals surface area contributed by atoms with Crippen molar-refractivity contribution in [2.24, 2.45) is 0 Å². The SMILES string of the molecule is CC(C)NCc1cccc(Cl)c1OC1CCCCCC1O. The van der Waals surface area contributed by atoms with E-state index in [1.165, 1.54) is 6.42 Å². The van der Waals surface area contributed by atoms with E-state index < -0.39 is 6.10 Å². The number of aliphatic hydroxyl groups excluding tert-OH is 1. The van der Waals surface area contributed by atoms with E-state index in [1.54, 1.807) is 0 Å². The summed E-state index contributed by atoms with van der Waals surface area (Å²) in [5.41, 5.74) is 1.05. The van der Waals surface area contributed by atoms with Gasteiger partial charge in [0.05, 0.1) is 11.1 Å². The first-order chi connectivity index (χ1) is 10.1. The van der Waals surface area contributed by atoms with Crippen molar-refractivity contribution >= 4 is 11.6 Å². The highest BCUT2D eigenvalue weighted by Crippen LogP contribution is 2.32. The fourth-order valence-corrected chi connectivity index (χ4v) is 2.92. The van der Waals surface area contributed by atoms with Crippen molar-refractivity contribution in [2.75, 3.05) is 0 Å². The summed E-state index contributed by atoms with van der Waals surface area (Å²) >= 11 is 6.32. The van der Waals surface area contributed by atoms with Crippen molar-refractivity contribution < 1.29 is 9.84 Å². The third kappa shape index (κ3) is 4.87. The Balaban J connectivity index is 2.13. The first-order valence-electron chi connectivity index (χ1n) is 7.93. The number of hydrogen-bond donors (Lipinski definition) is 2. The minimum Gasteiger partial charge on any atom is -0.486 e. The van der Waals surface area contributed by atoms with E-state index >= 15 is 0 Å². The average Bonchev–Trinajstić information content (AvgIpc) is 2.64. The van der Waals surface area contributed by atoms with Gasteiger partial charge in [-0.15, -0.1) is 0 Å². The number of ether oxygens (including phenoxy) is 1. The van der Waals surface area contributed by atoms with Crippen LogP contribution < -0.4 is 10.1 Å². The lowest BCUT2D eigenvalue weighted by Gasteiger charge is -2.24. The van der Waals surface area contributed by atoms with Crippen molar-refractivity contribution in [3.05, 3.63) is 28.8 Å². The first kappa shape index (κ1) is 16.6. The van der Waals surface area contributed by atoms with Crippen molar-refractivity contribution in [1.29, 1.82) is 0 Å². The van der Waals surface area contributed by atoms with E-state index in [9.17, 15) is 5.11 Å². The standard InChI is InChI=1S/C17H26ClNO2/c1-12(2)19-11-13-7-6-8-14(18)17(13)21-16-10-5-3-4-9-15(16)20/h6-8,12,15-16,19-20H,3-5,9-11H2,1-2H3. The van der Waals surface area contributed by atoms with Gasteiger partial charge in [0, 0.05) is 18.2 Å². The number of nitrogens with one attached hydrogen (secondary N) is 1. The lowest BCUT2D eigenvalue weighted by atomic mass is 10.1. The molecule has 0 aliphatic heterocycles. The molecule has 1 fully saturated rings. The van der Waals surface area contributed by atoms with E-state index in [1.807, 2.05) is 18.2 Å². The largest absolute Gasteiger partial charge is 0.486 e. The molecule has 3 nitrogen and oxygen atoms in total. The summed E-state index contributed by atoms with van der Waals surface area (Å²) in [6.07, 6.45) is 4.51. The van der Waals surface area contributed by atoms with Gasteiger partial charge in [-0.05, 0) is 25.3 Å². The summed E-state index contributed by atoms with van der Waals surface area (Å²) in [7, 11) is 0. The molecule has 2 N–H and O–H groups in total. The van der Waals surface area contributed by atoms with Gasteiger partial charge < -0.3 is 15.2 Å². The van der Waals surface area contributed by atoms with Crippen LogP contribution in [0.1, 0.15) is 51.5 Å². The van der Waals surface area contributed by atoms with Gasteiger partial charge in [-0.3, -0.25) is 0 Å². The third-order valence-electron chi connectivity index (χ3n) is 3.94. The molecule has 1 aliphatic rings. The van der Waals surface area contributed by atoms with Crippen molar-refractivity contribution in [1.82, 2.24) is 5.32 Å². The summed E-state index contributed by atoms with van der Waals surface area (Å²) in [5.74, 6) is 0.721. The van der Waals surface area contributed by atoms with Crippen molar-refractivity contribution in [2.45, 2.75) is 70.7 Å². The molecule has 0 spiro atoms. The van der Waals surface area contributed by atoms with Gasteiger partial charge in [0.25, 0.3) is 0 Å². The zero-order valence-electron chi connectivity index (χ0n) is 12.9. The zero-order chi connectivity index (χ0) is 15.2. The number of benzene rings is 1. The monoisotopic (exact) mass is 311 g/mol. The van der Waals surface area contributed by atoms with E-state index in [4.69, 9.17) is 16.3 Å². The Hall–Kier alpha value is -0.770. The molecule has 118 valence electrons. The first-order valence-corrected chi connectivity index (χ1v) is 8.31. The van der Waals surface area contributed by atoms with Crippen LogP contribution in [0, 0.1) is 0 Å². The maximum absolute atomic E-state index is 10.2. The fourth-order valence-electron chi connectivity index (χ4n) is 2.68. The van der Waals surface area contributed by atoms with Crippen molar-refractivity contribution in [3.8, 4) is 5.75 Å². The third-order valence-corrected chi connectivity index (χ3v) is 4.23. The summed E-state index contributed by atoms with van der Waals surface area (Å²) in [6, 6.07) is 6.22. The Labute approximate surface area is 132 Å². The van der Waals surface area contributed by atoms with E-state index in [0.717, 1.165) is 43.5 Å². The number of aliphatic hydroxyl groups is 1. The molecule has 2 unspecified atom stereocenters. The van der Waals surface area contributed by atoms with Crippen LogP contribution in [0.3, 0.4) is 0 Å². The molecule has 0 bridgehead atoms. The Morgan fingerprint density at radius 1 is 1.29 bits per heavy atom. The van der Waals surface area contributed by atoms with Gasteiger partial charge >= 0.3 is 0 Å². The predicted molar refractivity (Wildman–Crippen MR) is 86.9 cm³/mol. The molecule has 2 atom stereocenters. The van der Waals surface area contributed by atoms with Gasteiger partial charge in [-0.25, -0.2) is 0 Å². The molecular formula is C17H26ClNO2. The highest BCUT2D eigenvalue weighted by molar-refractivity contribution is 6.32. The molecule has 1 aliphatic carbocycles. The number of rotatable bonds is 5. The minimum atomic E-state index is -0.394. The second kappa shape index (κ2) is 8.02. The molecule has 0 amide bonds. The summed E-state index contributed by atoms with van der Waals surface area (Å²) in [6.45, 7) is 4.94. The van der Waals surface area contributed by atoms with Gasteiger partial charge in [-0.2, -0.15) is 0 Å². The second-order valence-corrected chi connectivity index (χ2v) is 6.53. The fraction of sp³-hybridized carbons (Fsp3) is 0.647. The van der Waals surface area contributed by atoms with Gasteiger partial charge in [-0.1, -0.05) is 50.4 Å². The van der Waals surface area contributed by atoms with Crippen LogP contribution in [0.15, 0.2) is 18.2 Å². The van der Waals surface area contributed by atoms with Crippen LogP contribution in [-0.2, 0) is 6.54 Å². The molecular weight excluding hydrogens is 286 g/mol.